The molecule has 0 radical (unpaired) electrons. The van der Waals surface area contributed by atoms with Crippen LogP contribution in [0.4, 0.5) is 0 Å². The normalized spacial score (nSPS) is 10.6. The van der Waals surface area contributed by atoms with E-state index in [-0.39, 0.29) is 5.91 Å². The fourth-order valence-electron chi connectivity index (χ4n) is 2.51. The second kappa shape index (κ2) is 10.9. The molecule has 0 fully saturated rings. The van der Waals surface area contributed by atoms with Gasteiger partial charge in [0.1, 0.15) is 7.11 Å². The van der Waals surface area contributed by atoms with E-state index in [0.29, 0.717) is 31.7 Å². The third-order valence-electron chi connectivity index (χ3n) is 3.79. The standard InChI is InChI=1S/C21H26N2O4/c1-4-26-19-11-8-16(14-20(19)27-5-2)12-13-22-21(24)18-9-6-17(7-10-18)15-23-25-3/h6-11,14-15H,4-5,12-13H2,1-3H3,(H,22,24)/b23-15+. The van der Waals surface area contributed by atoms with Crippen LogP contribution in [-0.4, -0.2) is 39.0 Å². The first-order valence-corrected chi connectivity index (χ1v) is 9.01. The Bertz CT molecular complexity index is 757. The van der Waals surface area contributed by atoms with Gasteiger partial charge in [-0.1, -0.05) is 23.4 Å². The van der Waals surface area contributed by atoms with Crippen LogP contribution in [0.3, 0.4) is 0 Å². The Kier molecular flexibility index (Phi) is 8.16. The van der Waals surface area contributed by atoms with Crippen LogP contribution in [0.25, 0.3) is 0 Å². The molecule has 0 saturated carbocycles. The van der Waals surface area contributed by atoms with Gasteiger partial charge < -0.3 is 19.6 Å². The van der Waals surface area contributed by atoms with Gasteiger partial charge in [-0.05, 0) is 55.7 Å². The van der Waals surface area contributed by atoms with Crippen molar-refractivity contribution < 1.29 is 19.1 Å². The zero-order chi connectivity index (χ0) is 19.5. The molecule has 1 N–H and O–H groups in total. The topological polar surface area (TPSA) is 69.2 Å². The second-order valence-corrected chi connectivity index (χ2v) is 5.69. The number of nitrogens with one attached hydrogen (secondary N) is 1. The molecule has 2 aromatic carbocycles. The van der Waals surface area contributed by atoms with Crippen LogP contribution in [0.15, 0.2) is 47.6 Å². The van der Waals surface area contributed by atoms with Gasteiger partial charge >= 0.3 is 0 Å². The maximum absolute atomic E-state index is 12.3. The van der Waals surface area contributed by atoms with Gasteiger partial charge in [0.2, 0.25) is 0 Å². The van der Waals surface area contributed by atoms with Crippen molar-refractivity contribution in [2.24, 2.45) is 5.16 Å². The van der Waals surface area contributed by atoms with Crippen LogP contribution in [-0.2, 0) is 11.3 Å². The molecule has 6 nitrogen and oxygen atoms in total. The van der Waals surface area contributed by atoms with Crippen molar-refractivity contribution in [3.63, 3.8) is 0 Å². The highest BCUT2D eigenvalue weighted by atomic mass is 16.6. The Hall–Kier alpha value is -3.02. The molecular weight excluding hydrogens is 344 g/mol. The number of ether oxygens (including phenoxy) is 2. The van der Waals surface area contributed by atoms with Crippen LogP contribution >= 0.6 is 0 Å². The molecule has 6 heteroatoms. The maximum Gasteiger partial charge on any atom is 0.251 e. The smallest absolute Gasteiger partial charge is 0.251 e. The van der Waals surface area contributed by atoms with E-state index >= 15 is 0 Å². The molecular formula is C21H26N2O4. The zero-order valence-corrected chi connectivity index (χ0v) is 16.0. The largest absolute Gasteiger partial charge is 0.490 e. The molecule has 1 amide bonds. The number of hydrogen-bond acceptors (Lipinski definition) is 5. The van der Waals surface area contributed by atoms with Crippen LogP contribution in [0, 0.1) is 0 Å². The number of amides is 1. The SMILES string of the molecule is CCOc1ccc(CCNC(=O)c2ccc(/C=N/OC)cc2)cc1OCC. The summed E-state index contributed by atoms with van der Waals surface area (Å²) in [6.45, 7) is 5.58. The summed E-state index contributed by atoms with van der Waals surface area (Å²) in [5.41, 5.74) is 2.55. The number of hydrogen-bond donors (Lipinski definition) is 1. The first-order valence-electron chi connectivity index (χ1n) is 9.01. The van der Waals surface area contributed by atoms with Crippen LogP contribution in [0.5, 0.6) is 11.5 Å². The summed E-state index contributed by atoms with van der Waals surface area (Å²) < 4.78 is 11.2. The minimum atomic E-state index is -0.110. The van der Waals surface area contributed by atoms with Crippen LogP contribution in [0.2, 0.25) is 0 Å². The van der Waals surface area contributed by atoms with Gasteiger partial charge in [0.25, 0.3) is 5.91 Å². The number of rotatable bonds is 10. The molecule has 0 aliphatic rings. The molecule has 0 bridgehead atoms. The van der Waals surface area contributed by atoms with Crippen molar-refractivity contribution in [3.8, 4) is 11.5 Å². The lowest BCUT2D eigenvalue weighted by atomic mass is 10.1. The Balaban J connectivity index is 1.90. The highest BCUT2D eigenvalue weighted by molar-refractivity contribution is 5.95. The molecule has 27 heavy (non-hydrogen) atoms. The van der Waals surface area contributed by atoms with Gasteiger partial charge in [-0.25, -0.2) is 0 Å². The zero-order valence-electron chi connectivity index (χ0n) is 16.0. The molecule has 0 aliphatic heterocycles. The number of carbonyl (C=O) groups is 1. The first-order chi connectivity index (χ1) is 13.2. The fraction of sp³-hybridized carbons (Fsp3) is 0.333. The minimum absolute atomic E-state index is 0.110. The predicted molar refractivity (Wildman–Crippen MR) is 106 cm³/mol. The summed E-state index contributed by atoms with van der Waals surface area (Å²) in [4.78, 5) is 16.9. The molecule has 144 valence electrons. The average Bonchev–Trinajstić information content (AvgIpc) is 2.69. The van der Waals surface area contributed by atoms with E-state index in [1.165, 1.54) is 7.11 Å². The third kappa shape index (κ3) is 6.33. The van der Waals surface area contributed by atoms with Crippen molar-refractivity contribution in [2.45, 2.75) is 20.3 Å². The maximum atomic E-state index is 12.3. The summed E-state index contributed by atoms with van der Waals surface area (Å²) in [6, 6.07) is 13.0. The Morgan fingerprint density at radius 2 is 1.74 bits per heavy atom. The van der Waals surface area contributed by atoms with E-state index in [2.05, 4.69) is 15.3 Å². The van der Waals surface area contributed by atoms with E-state index in [4.69, 9.17) is 9.47 Å². The highest BCUT2D eigenvalue weighted by Crippen LogP contribution is 2.28. The molecule has 0 aliphatic carbocycles. The average molecular weight is 370 g/mol. The summed E-state index contributed by atoms with van der Waals surface area (Å²) in [5, 5.41) is 6.62. The number of nitrogens with zero attached hydrogens (tertiary/aromatic N) is 1. The summed E-state index contributed by atoms with van der Waals surface area (Å²) in [6.07, 6.45) is 2.29. The number of carbonyl (C=O) groups excluding carboxylic acids is 1. The van der Waals surface area contributed by atoms with Crippen molar-refractivity contribution in [3.05, 3.63) is 59.2 Å². The van der Waals surface area contributed by atoms with Gasteiger partial charge in [0.05, 0.1) is 19.4 Å². The minimum Gasteiger partial charge on any atom is -0.490 e. The molecule has 0 unspecified atom stereocenters. The lowest BCUT2D eigenvalue weighted by Crippen LogP contribution is -2.25. The fourth-order valence-corrected chi connectivity index (χ4v) is 2.51. The van der Waals surface area contributed by atoms with Gasteiger partial charge in [0, 0.05) is 12.1 Å². The number of oxime groups is 1. The molecule has 2 aromatic rings. The second-order valence-electron chi connectivity index (χ2n) is 5.69. The van der Waals surface area contributed by atoms with Crippen molar-refractivity contribution in [2.75, 3.05) is 26.9 Å². The monoisotopic (exact) mass is 370 g/mol. The lowest BCUT2D eigenvalue weighted by Gasteiger charge is -2.12. The summed E-state index contributed by atoms with van der Waals surface area (Å²) in [5.74, 6) is 1.36. The Labute approximate surface area is 160 Å². The van der Waals surface area contributed by atoms with Gasteiger partial charge in [-0.2, -0.15) is 0 Å². The van der Waals surface area contributed by atoms with E-state index < -0.39 is 0 Å². The molecule has 0 spiro atoms. The van der Waals surface area contributed by atoms with E-state index in [0.717, 1.165) is 22.6 Å². The van der Waals surface area contributed by atoms with Crippen LogP contribution in [0.1, 0.15) is 35.3 Å². The molecule has 2 rings (SSSR count). The predicted octanol–water partition coefficient (Wildman–Crippen LogP) is 3.44. The lowest BCUT2D eigenvalue weighted by molar-refractivity contribution is 0.0954. The van der Waals surface area contributed by atoms with Gasteiger partial charge in [-0.3, -0.25) is 4.79 Å². The van der Waals surface area contributed by atoms with Gasteiger partial charge in [0.15, 0.2) is 11.5 Å². The molecule has 0 saturated heterocycles. The third-order valence-corrected chi connectivity index (χ3v) is 3.79. The molecule has 0 heterocycles. The summed E-state index contributed by atoms with van der Waals surface area (Å²) >= 11 is 0. The van der Waals surface area contributed by atoms with Crippen molar-refractivity contribution in [1.29, 1.82) is 0 Å². The van der Waals surface area contributed by atoms with E-state index in [9.17, 15) is 4.79 Å². The molecule has 0 atom stereocenters. The van der Waals surface area contributed by atoms with E-state index in [1.54, 1.807) is 18.3 Å². The Morgan fingerprint density at radius 1 is 1.04 bits per heavy atom. The number of benzene rings is 2. The van der Waals surface area contributed by atoms with Gasteiger partial charge in [-0.15, -0.1) is 0 Å². The highest BCUT2D eigenvalue weighted by Gasteiger charge is 2.08. The van der Waals surface area contributed by atoms with E-state index in [1.807, 2.05) is 44.2 Å². The quantitative estimate of drug-likeness (QED) is 0.514. The Morgan fingerprint density at radius 3 is 2.41 bits per heavy atom. The molecule has 0 aromatic heterocycles. The summed E-state index contributed by atoms with van der Waals surface area (Å²) in [7, 11) is 1.49. The van der Waals surface area contributed by atoms with Crippen molar-refractivity contribution >= 4 is 12.1 Å². The van der Waals surface area contributed by atoms with Crippen molar-refractivity contribution in [1.82, 2.24) is 5.32 Å². The van der Waals surface area contributed by atoms with Crippen LogP contribution < -0.4 is 14.8 Å². The first kappa shape index (κ1) is 20.3.